The second-order valence-electron chi connectivity index (χ2n) is 1.06. The van der Waals surface area contributed by atoms with Crippen LogP contribution in [0.5, 0.6) is 0 Å². The average Bonchev–Trinajstić information content (AvgIpc) is 1.65. The Morgan fingerprint density at radius 3 is 2.80 bits per heavy atom. The van der Waals surface area contributed by atoms with Crippen molar-refractivity contribution in [1.82, 2.24) is 0 Å². The van der Waals surface area contributed by atoms with E-state index >= 15 is 0 Å². The highest BCUT2D eigenvalue weighted by atomic mass is 16.3. The molecule has 1 N–H and O–H groups in total. The molecule has 1 unspecified atom stereocenters. The van der Waals surface area contributed by atoms with Gasteiger partial charge in [-0.15, -0.1) is 0 Å². The smallest absolute Gasteiger partial charge is 0.0509 e. The average molecular weight is 75.1 g/mol. The van der Waals surface area contributed by atoms with E-state index in [0.717, 1.165) is 0 Å². The highest BCUT2D eigenvalue weighted by Gasteiger charge is 1.81. The number of hydrogen-bond donors (Lipinski definition) is 1. The van der Waals surface area contributed by atoms with E-state index in [9.17, 15) is 0 Å². The van der Waals surface area contributed by atoms with Crippen LogP contribution in [0.25, 0.3) is 0 Å². The van der Waals surface area contributed by atoms with Crippen molar-refractivity contribution in [3.05, 3.63) is 0 Å². The SMILES string of the molecule is [2H]CC(O)CC. The second-order valence-corrected chi connectivity index (χ2v) is 1.06. The van der Waals surface area contributed by atoms with Crippen molar-refractivity contribution in [3.8, 4) is 0 Å². The minimum absolute atomic E-state index is 0.135. The highest BCUT2D eigenvalue weighted by Crippen LogP contribution is 1.81. The van der Waals surface area contributed by atoms with E-state index in [1.807, 2.05) is 6.92 Å². The van der Waals surface area contributed by atoms with Gasteiger partial charge in [-0.2, -0.15) is 0 Å². The first-order valence-electron chi connectivity index (χ1n) is 2.49. The standard InChI is InChI=1S/C4H10O/c1-3-4(2)5/h4-5H,3H2,1-2H3/i2D. The van der Waals surface area contributed by atoms with Crippen LogP contribution in [0.1, 0.15) is 21.6 Å². The minimum Gasteiger partial charge on any atom is -0.393 e. The Hall–Kier alpha value is -0.0400. The van der Waals surface area contributed by atoms with Gasteiger partial charge in [-0.1, -0.05) is 6.92 Å². The molecule has 1 heteroatoms. The third kappa shape index (κ3) is 3.96. The highest BCUT2D eigenvalue weighted by molar-refractivity contribution is 4.34. The van der Waals surface area contributed by atoms with E-state index in [-0.39, 0.29) is 6.90 Å². The maximum Gasteiger partial charge on any atom is 0.0509 e. The van der Waals surface area contributed by atoms with Crippen molar-refractivity contribution >= 4 is 0 Å². The van der Waals surface area contributed by atoms with Crippen molar-refractivity contribution in [1.29, 1.82) is 0 Å². The fraction of sp³-hybridized carbons (Fsp3) is 1.00. The fourth-order valence-corrected chi connectivity index (χ4v) is 0. The Labute approximate surface area is 34.0 Å². The molecule has 0 aromatic rings. The number of aliphatic hydroxyl groups excluding tert-OH is 1. The van der Waals surface area contributed by atoms with E-state index < -0.39 is 6.10 Å². The van der Waals surface area contributed by atoms with E-state index in [4.69, 9.17) is 6.48 Å². The normalized spacial score (nSPS) is 17.6. The molecule has 1 atom stereocenters. The summed E-state index contributed by atoms with van der Waals surface area (Å²) >= 11 is 0. The van der Waals surface area contributed by atoms with Crippen LogP contribution in [-0.4, -0.2) is 11.2 Å². The Morgan fingerprint density at radius 2 is 2.80 bits per heavy atom. The summed E-state index contributed by atoms with van der Waals surface area (Å²) in [4.78, 5) is 0. The third-order valence-corrected chi connectivity index (χ3v) is 0.471. The van der Waals surface area contributed by atoms with E-state index in [0.29, 0.717) is 6.42 Å². The first-order valence-corrected chi connectivity index (χ1v) is 1.78. The molecular weight excluding hydrogens is 64.0 g/mol. The molecule has 0 spiro atoms. The molecule has 0 saturated heterocycles. The van der Waals surface area contributed by atoms with Crippen molar-refractivity contribution in [2.75, 3.05) is 0 Å². The van der Waals surface area contributed by atoms with Gasteiger partial charge in [0.05, 0.1) is 6.10 Å². The van der Waals surface area contributed by atoms with Crippen LogP contribution in [0, 0.1) is 0 Å². The number of aliphatic hydroxyl groups is 1. The molecule has 0 heterocycles. The lowest BCUT2D eigenvalue weighted by Gasteiger charge is -1.90. The summed E-state index contributed by atoms with van der Waals surface area (Å²) in [5, 5.41) is 8.48. The predicted molar refractivity (Wildman–Crippen MR) is 22.0 cm³/mol. The Balaban J connectivity index is 2.75. The van der Waals surface area contributed by atoms with Gasteiger partial charge in [0.2, 0.25) is 0 Å². The molecule has 0 fully saturated rings. The lowest BCUT2D eigenvalue weighted by molar-refractivity contribution is 0.191. The third-order valence-electron chi connectivity index (χ3n) is 0.471. The molecule has 5 heavy (non-hydrogen) atoms. The fourth-order valence-electron chi connectivity index (χ4n) is 0. The molecular formula is C4H10O. The van der Waals surface area contributed by atoms with Crippen LogP contribution in [-0.2, 0) is 0 Å². The van der Waals surface area contributed by atoms with Gasteiger partial charge in [0.1, 0.15) is 0 Å². The molecule has 0 aliphatic rings. The van der Waals surface area contributed by atoms with Crippen LogP contribution in [0.3, 0.4) is 0 Å². The minimum atomic E-state index is -0.398. The van der Waals surface area contributed by atoms with Gasteiger partial charge in [-0.05, 0) is 13.3 Å². The lowest BCUT2D eigenvalue weighted by Crippen LogP contribution is -1.93. The predicted octanol–water partition coefficient (Wildman–Crippen LogP) is 0.777. The zero-order chi connectivity index (χ0) is 4.99. The Kier molecular flexibility index (Phi) is 1.40. The molecule has 0 aromatic heterocycles. The van der Waals surface area contributed by atoms with Crippen molar-refractivity contribution in [3.63, 3.8) is 0 Å². The summed E-state index contributed by atoms with van der Waals surface area (Å²) in [5.41, 5.74) is 0. The van der Waals surface area contributed by atoms with Crippen molar-refractivity contribution in [2.24, 2.45) is 0 Å². The lowest BCUT2D eigenvalue weighted by atomic mass is 10.3. The molecule has 1 nitrogen and oxygen atoms in total. The Morgan fingerprint density at radius 1 is 2.20 bits per heavy atom. The maximum absolute atomic E-state index is 8.48. The summed E-state index contributed by atoms with van der Waals surface area (Å²) in [6.07, 6.45) is 0.300. The monoisotopic (exact) mass is 75.1 g/mol. The molecule has 0 radical (unpaired) electrons. The zero-order valence-electron chi connectivity index (χ0n) is 4.44. The van der Waals surface area contributed by atoms with E-state index in [2.05, 4.69) is 0 Å². The molecule has 0 aliphatic heterocycles. The zero-order valence-corrected chi connectivity index (χ0v) is 3.44. The van der Waals surface area contributed by atoms with Crippen LogP contribution in [0.4, 0.5) is 0 Å². The summed E-state index contributed by atoms with van der Waals surface area (Å²) in [6, 6.07) is 0. The van der Waals surface area contributed by atoms with E-state index in [1.54, 1.807) is 0 Å². The molecule has 0 saturated carbocycles. The van der Waals surface area contributed by atoms with Crippen LogP contribution in [0.15, 0.2) is 0 Å². The quantitative estimate of drug-likeness (QED) is 0.488. The van der Waals surface area contributed by atoms with Gasteiger partial charge in [0.15, 0.2) is 0 Å². The van der Waals surface area contributed by atoms with Crippen molar-refractivity contribution < 1.29 is 6.48 Å². The largest absolute Gasteiger partial charge is 0.393 e. The molecule has 32 valence electrons. The topological polar surface area (TPSA) is 20.2 Å². The summed E-state index contributed by atoms with van der Waals surface area (Å²) in [7, 11) is 0. The van der Waals surface area contributed by atoms with Crippen LogP contribution >= 0.6 is 0 Å². The second kappa shape index (κ2) is 2.21. The summed E-state index contributed by atoms with van der Waals surface area (Å²) < 4.78 is 6.56. The molecule has 0 aromatic carbocycles. The van der Waals surface area contributed by atoms with Crippen molar-refractivity contribution in [2.45, 2.75) is 26.3 Å². The van der Waals surface area contributed by atoms with Gasteiger partial charge in [0, 0.05) is 1.37 Å². The summed E-state index contributed by atoms with van der Waals surface area (Å²) in [6.45, 7) is 2.00. The van der Waals surface area contributed by atoms with Gasteiger partial charge in [0.25, 0.3) is 0 Å². The van der Waals surface area contributed by atoms with E-state index in [1.165, 1.54) is 0 Å². The molecule has 0 amide bonds. The van der Waals surface area contributed by atoms with Crippen LogP contribution < -0.4 is 0 Å². The maximum atomic E-state index is 8.48. The molecule has 0 aliphatic carbocycles. The first-order chi connectivity index (χ1) is 2.81. The van der Waals surface area contributed by atoms with Gasteiger partial charge < -0.3 is 5.11 Å². The summed E-state index contributed by atoms with van der Waals surface area (Å²) in [5.74, 6) is 0. The first kappa shape index (κ1) is 3.16. The van der Waals surface area contributed by atoms with Gasteiger partial charge in [-0.3, -0.25) is 0 Å². The van der Waals surface area contributed by atoms with Gasteiger partial charge >= 0.3 is 0 Å². The molecule has 0 bridgehead atoms. The van der Waals surface area contributed by atoms with Crippen LogP contribution in [0.2, 0.25) is 0 Å². The molecule has 0 rings (SSSR count). The number of hydrogen-bond acceptors (Lipinski definition) is 1. The number of rotatable bonds is 1. The Bertz CT molecular complexity index is 26.7. The van der Waals surface area contributed by atoms with Gasteiger partial charge in [-0.25, -0.2) is 0 Å².